The third kappa shape index (κ3) is 2.85. The van der Waals surface area contributed by atoms with E-state index in [4.69, 9.17) is 10.6 Å². The van der Waals surface area contributed by atoms with Gasteiger partial charge in [0.15, 0.2) is 0 Å². The third-order valence-electron chi connectivity index (χ3n) is 2.48. The Morgan fingerprint density at radius 1 is 1.57 bits per heavy atom. The molecule has 82 valence electrons. The Morgan fingerprint density at radius 3 is 2.64 bits per heavy atom. The number of nitrogens with two attached hydrogens (primary N) is 1. The Bertz CT molecular complexity index is 187. The number of piperidine rings is 1. The first-order chi connectivity index (χ1) is 6.81. The van der Waals surface area contributed by atoms with Crippen molar-refractivity contribution in [1.29, 1.82) is 0 Å². The van der Waals surface area contributed by atoms with Crippen molar-refractivity contribution in [1.82, 2.24) is 10.3 Å². The average molecular weight is 200 g/mol. The van der Waals surface area contributed by atoms with Crippen molar-refractivity contribution in [2.24, 2.45) is 10.8 Å². The highest BCUT2D eigenvalue weighted by Gasteiger charge is 2.20. The lowest BCUT2D eigenvalue weighted by Crippen LogP contribution is -2.49. The van der Waals surface area contributed by atoms with Gasteiger partial charge in [0.1, 0.15) is 0 Å². The highest BCUT2D eigenvalue weighted by molar-refractivity contribution is 5.79. The number of aliphatic imine (C=N–C) groups is 1. The van der Waals surface area contributed by atoms with Gasteiger partial charge in [0.05, 0.1) is 6.10 Å². The topological polar surface area (TPSA) is 62.9 Å². The largest absolute Gasteiger partial charge is 0.378 e. The van der Waals surface area contributed by atoms with Gasteiger partial charge < -0.3 is 9.64 Å². The molecule has 0 spiro atoms. The minimum atomic E-state index is 0.409. The molecule has 0 aliphatic carbocycles. The van der Waals surface area contributed by atoms with Crippen LogP contribution in [0.25, 0.3) is 0 Å². The smallest absolute Gasteiger partial charge is 0.208 e. The van der Waals surface area contributed by atoms with Gasteiger partial charge in [0, 0.05) is 26.7 Å². The highest BCUT2D eigenvalue weighted by Crippen LogP contribution is 2.13. The number of hydrogen-bond donors (Lipinski definition) is 2. The van der Waals surface area contributed by atoms with Crippen molar-refractivity contribution in [2.75, 3.05) is 26.7 Å². The summed E-state index contributed by atoms with van der Waals surface area (Å²) in [5.74, 6) is 6.12. The summed E-state index contributed by atoms with van der Waals surface area (Å²) < 4.78 is 5.56. The molecule has 0 saturated carbocycles. The van der Waals surface area contributed by atoms with Gasteiger partial charge in [-0.15, -0.1) is 0 Å². The van der Waals surface area contributed by atoms with Crippen molar-refractivity contribution in [3.05, 3.63) is 0 Å². The van der Waals surface area contributed by atoms with Crippen molar-refractivity contribution in [3.63, 3.8) is 0 Å². The van der Waals surface area contributed by atoms with Crippen molar-refractivity contribution < 1.29 is 4.74 Å². The maximum Gasteiger partial charge on any atom is 0.208 e. The van der Waals surface area contributed by atoms with Crippen molar-refractivity contribution >= 4 is 5.96 Å². The van der Waals surface area contributed by atoms with E-state index in [1.165, 1.54) is 0 Å². The first kappa shape index (κ1) is 11.3. The standard InChI is InChI=1S/C9H20N4O/c1-3-14-8-4-6-13(7-5-8)9(11-2)12-10/h8H,3-7,10H2,1-2H3,(H,11,12). The van der Waals surface area contributed by atoms with Crippen LogP contribution >= 0.6 is 0 Å². The fourth-order valence-electron chi connectivity index (χ4n) is 1.77. The Hall–Kier alpha value is -0.810. The van der Waals surface area contributed by atoms with Gasteiger partial charge in [-0.2, -0.15) is 0 Å². The van der Waals surface area contributed by atoms with E-state index in [-0.39, 0.29) is 0 Å². The molecule has 3 N–H and O–H groups in total. The molecular weight excluding hydrogens is 180 g/mol. The molecule has 0 aromatic carbocycles. The van der Waals surface area contributed by atoms with E-state index in [2.05, 4.69) is 15.3 Å². The van der Waals surface area contributed by atoms with Crippen LogP contribution in [0.4, 0.5) is 0 Å². The maximum atomic E-state index is 5.56. The molecule has 0 aromatic rings. The van der Waals surface area contributed by atoms with E-state index in [1.807, 2.05) is 6.92 Å². The Labute approximate surface area is 85.3 Å². The SMILES string of the molecule is CCOC1CCN(C(=NC)NN)CC1. The molecule has 1 saturated heterocycles. The number of hydrazine groups is 1. The van der Waals surface area contributed by atoms with Crippen LogP contribution in [0.3, 0.4) is 0 Å². The van der Waals surface area contributed by atoms with Crippen LogP contribution in [-0.2, 0) is 4.74 Å². The van der Waals surface area contributed by atoms with Gasteiger partial charge in [-0.25, -0.2) is 5.84 Å². The number of hydrogen-bond acceptors (Lipinski definition) is 3. The summed E-state index contributed by atoms with van der Waals surface area (Å²) in [5, 5.41) is 0. The summed E-state index contributed by atoms with van der Waals surface area (Å²) in [6, 6.07) is 0. The minimum absolute atomic E-state index is 0.409. The third-order valence-corrected chi connectivity index (χ3v) is 2.48. The molecular formula is C9H20N4O. The summed E-state index contributed by atoms with van der Waals surface area (Å²) >= 11 is 0. The average Bonchev–Trinajstić information content (AvgIpc) is 2.23. The van der Waals surface area contributed by atoms with E-state index in [0.717, 1.165) is 38.5 Å². The fraction of sp³-hybridized carbons (Fsp3) is 0.889. The number of nitrogens with one attached hydrogen (secondary N) is 1. The first-order valence-corrected chi connectivity index (χ1v) is 5.11. The van der Waals surface area contributed by atoms with E-state index in [9.17, 15) is 0 Å². The van der Waals surface area contributed by atoms with E-state index < -0.39 is 0 Å². The molecule has 1 rings (SSSR count). The Kier molecular flexibility index (Phi) is 4.69. The van der Waals surface area contributed by atoms with Crippen LogP contribution < -0.4 is 11.3 Å². The van der Waals surface area contributed by atoms with Crippen LogP contribution in [0.1, 0.15) is 19.8 Å². The molecule has 1 heterocycles. The van der Waals surface area contributed by atoms with Crippen molar-refractivity contribution in [2.45, 2.75) is 25.9 Å². The number of ether oxygens (including phenoxy) is 1. The van der Waals surface area contributed by atoms with Gasteiger partial charge in [0.2, 0.25) is 5.96 Å². The van der Waals surface area contributed by atoms with Gasteiger partial charge in [-0.3, -0.25) is 10.4 Å². The highest BCUT2D eigenvalue weighted by atomic mass is 16.5. The predicted octanol–water partition coefficient (Wildman–Crippen LogP) is -0.0636. The monoisotopic (exact) mass is 200 g/mol. The molecule has 14 heavy (non-hydrogen) atoms. The van der Waals surface area contributed by atoms with Gasteiger partial charge in [0.25, 0.3) is 0 Å². The number of guanidine groups is 1. The van der Waals surface area contributed by atoms with E-state index in [1.54, 1.807) is 7.05 Å². The second-order valence-corrected chi connectivity index (χ2v) is 3.33. The molecule has 0 bridgehead atoms. The predicted molar refractivity (Wildman–Crippen MR) is 56.9 cm³/mol. The van der Waals surface area contributed by atoms with Crippen LogP contribution in [0.2, 0.25) is 0 Å². The van der Waals surface area contributed by atoms with Crippen LogP contribution in [0.5, 0.6) is 0 Å². The normalized spacial score (nSPS) is 19.9. The molecule has 1 aliphatic heterocycles. The molecule has 1 fully saturated rings. The van der Waals surface area contributed by atoms with E-state index >= 15 is 0 Å². The Morgan fingerprint density at radius 2 is 2.21 bits per heavy atom. The van der Waals surface area contributed by atoms with Crippen LogP contribution in [0, 0.1) is 0 Å². The second kappa shape index (κ2) is 5.82. The summed E-state index contributed by atoms with van der Waals surface area (Å²) in [6.07, 6.45) is 2.51. The number of nitrogens with zero attached hydrogens (tertiary/aromatic N) is 2. The molecule has 0 atom stereocenters. The minimum Gasteiger partial charge on any atom is -0.378 e. The lowest BCUT2D eigenvalue weighted by Gasteiger charge is -2.33. The zero-order chi connectivity index (χ0) is 10.4. The van der Waals surface area contributed by atoms with E-state index in [0.29, 0.717) is 6.10 Å². The molecule has 0 amide bonds. The van der Waals surface area contributed by atoms with Crippen LogP contribution in [0.15, 0.2) is 4.99 Å². The Balaban J connectivity index is 2.35. The van der Waals surface area contributed by atoms with Gasteiger partial charge in [-0.1, -0.05) is 0 Å². The summed E-state index contributed by atoms with van der Waals surface area (Å²) in [6.45, 7) is 4.75. The summed E-state index contributed by atoms with van der Waals surface area (Å²) in [5.41, 5.74) is 2.60. The molecule has 0 aromatic heterocycles. The lowest BCUT2D eigenvalue weighted by molar-refractivity contribution is 0.0264. The summed E-state index contributed by atoms with van der Waals surface area (Å²) in [7, 11) is 1.74. The van der Waals surface area contributed by atoms with Gasteiger partial charge >= 0.3 is 0 Å². The lowest BCUT2D eigenvalue weighted by atomic mass is 10.1. The maximum absolute atomic E-state index is 5.56. The zero-order valence-corrected chi connectivity index (χ0v) is 8.99. The second-order valence-electron chi connectivity index (χ2n) is 3.33. The summed E-state index contributed by atoms with van der Waals surface area (Å²) in [4.78, 5) is 6.22. The van der Waals surface area contributed by atoms with Crippen LogP contribution in [-0.4, -0.2) is 43.7 Å². The zero-order valence-electron chi connectivity index (χ0n) is 8.99. The molecule has 5 heteroatoms. The molecule has 5 nitrogen and oxygen atoms in total. The number of rotatable bonds is 2. The number of likely N-dealkylation sites (tertiary alicyclic amines) is 1. The van der Waals surface area contributed by atoms with Crippen molar-refractivity contribution in [3.8, 4) is 0 Å². The quantitative estimate of drug-likeness (QED) is 0.284. The first-order valence-electron chi connectivity index (χ1n) is 5.11. The fourth-order valence-corrected chi connectivity index (χ4v) is 1.77. The molecule has 1 aliphatic rings. The molecule has 0 unspecified atom stereocenters. The molecule has 0 radical (unpaired) electrons. The van der Waals surface area contributed by atoms with Gasteiger partial charge in [-0.05, 0) is 19.8 Å².